The van der Waals surface area contributed by atoms with Gasteiger partial charge < -0.3 is 15.8 Å². The van der Waals surface area contributed by atoms with Crippen LogP contribution >= 0.6 is 0 Å². The molecule has 102 valence electrons. The van der Waals surface area contributed by atoms with Gasteiger partial charge in [0.05, 0.1) is 19.6 Å². The van der Waals surface area contributed by atoms with Gasteiger partial charge in [-0.15, -0.1) is 0 Å². The first-order chi connectivity index (χ1) is 9.63. The second kappa shape index (κ2) is 5.93. The summed E-state index contributed by atoms with van der Waals surface area (Å²) in [5.41, 5.74) is 8.42. The van der Waals surface area contributed by atoms with Crippen molar-refractivity contribution < 1.29 is 9.13 Å². The van der Waals surface area contributed by atoms with E-state index in [1.807, 2.05) is 0 Å². The van der Waals surface area contributed by atoms with E-state index in [1.165, 1.54) is 13.2 Å². The van der Waals surface area contributed by atoms with Crippen molar-refractivity contribution in [3.8, 4) is 11.8 Å². The maximum atomic E-state index is 13.6. The number of benzene rings is 2. The first-order valence-electron chi connectivity index (χ1n) is 6.00. The van der Waals surface area contributed by atoms with Gasteiger partial charge in [-0.05, 0) is 35.9 Å². The molecule has 0 radical (unpaired) electrons. The fourth-order valence-electron chi connectivity index (χ4n) is 1.83. The lowest BCUT2D eigenvalue weighted by molar-refractivity contribution is 0.386. The average molecular weight is 271 g/mol. The molecule has 0 aliphatic rings. The van der Waals surface area contributed by atoms with Crippen LogP contribution < -0.4 is 15.8 Å². The maximum Gasteiger partial charge on any atom is 0.167 e. The molecule has 2 aromatic rings. The third-order valence-corrected chi connectivity index (χ3v) is 2.85. The summed E-state index contributed by atoms with van der Waals surface area (Å²) in [5, 5.41) is 11.8. The van der Waals surface area contributed by atoms with Crippen LogP contribution in [-0.2, 0) is 6.42 Å². The summed E-state index contributed by atoms with van der Waals surface area (Å²) in [6.07, 6.45) is 0.234. The molecule has 2 rings (SSSR count). The summed E-state index contributed by atoms with van der Waals surface area (Å²) in [6, 6.07) is 11.9. The Labute approximate surface area is 116 Å². The summed E-state index contributed by atoms with van der Waals surface area (Å²) < 4.78 is 18.5. The molecule has 0 saturated heterocycles. The maximum absolute atomic E-state index is 13.6. The van der Waals surface area contributed by atoms with E-state index in [-0.39, 0.29) is 12.2 Å². The fraction of sp³-hybridized carbons (Fsp3) is 0.133. The van der Waals surface area contributed by atoms with E-state index < -0.39 is 5.82 Å². The third kappa shape index (κ3) is 2.98. The van der Waals surface area contributed by atoms with Crippen molar-refractivity contribution in [1.82, 2.24) is 0 Å². The van der Waals surface area contributed by atoms with Crippen LogP contribution in [0.4, 0.5) is 21.5 Å². The molecule has 0 bridgehead atoms. The van der Waals surface area contributed by atoms with Gasteiger partial charge >= 0.3 is 0 Å². The summed E-state index contributed by atoms with van der Waals surface area (Å²) in [7, 11) is 1.42. The number of nitrogens with two attached hydrogens (primary N) is 1. The van der Waals surface area contributed by atoms with E-state index in [9.17, 15) is 4.39 Å². The van der Waals surface area contributed by atoms with Crippen molar-refractivity contribution in [3.05, 3.63) is 47.8 Å². The van der Waals surface area contributed by atoms with Crippen LogP contribution in [0.2, 0.25) is 0 Å². The van der Waals surface area contributed by atoms with Gasteiger partial charge in [0.15, 0.2) is 11.6 Å². The Bertz CT molecular complexity index is 665. The van der Waals surface area contributed by atoms with Crippen LogP contribution in [0.25, 0.3) is 0 Å². The van der Waals surface area contributed by atoms with Crippen LogP contribution in [0.5, 0.6) is 5.75 Å². The number of hydrogen-bond acceptors (Lipinski definition) is 4. The predicted molar refractivity (Wildman–Crippen MR) is 76.4 cm³/mol. The van der Waals surface area contributed by atoms with E-state index in [0.29, 0.717) is 11.4 Å². The summed E-state index contributed by atoms with van der Waals surface area (Å²) >= 11 is 0. The zero-order chi connectivity index (χ0) is 14.5. The van der Waals surface area contributed by atoms with Crippen molar-refractivity contribution in [3.63, 3.8) is 0 Å². The van der Waals surface area contributed by atoms with Gasteiger partial charge in [0, 0.05) is 23.1 Å². The fourth-order valence-corrected chi connectivity index (χ4v) is 1.83. The van der Waals surface area contributed by atoms with E-state index in [0.717, 1.165) is 11.3 Å². The lowest BCUT2D eigenvalue weighted by Crippen LogP contribution is -1.97. The Morgan fingerprint density at radius 2 is 1.95 bits per heavy atom. The Morgan fingerprint density at radius 3 is 2.60 bits per heavy atom. The number of methoxy groups -OCH3 is 1. The summed E-state index contributed by atoms with van der Waals surface area (Å²) in [5.74, 6) is -0.247. The molecule has 2 aromatic carbocycles. The number of hydrogen-bond donors (Lipinski definition) is 2. The molecule has 0 aliphatic carbocycles. The molecule has 5 heteroatoms. The van der Waals surface area contributed by atoms with Gasteiger partial charge in [0.2, 0.25) is 0 Å². The highest BCUT2D eigenvalue weighted by atomic mass is 19.1. The number of anilines is 3. The Hall–Kier alpha value is -2.74. The zero-order valence-electron chi connectivity index (χ0n) is 11.0. The number of rotatable bonds is 4. The molecule has 0 fully saturated rings. The Morgan fingerprint density at radius 1 is 1.25 bits per heavy atom. The van der Waals surface area contributed by atoms with Crippen LogP contribution in [0, 0.1) is 17.1 Å². The number of nitriles is 1. The van der Waals surface area contributed by atoms with Crippen molar-refractivity contribution >= 4 is 17.1 Å². The van der Waals surface area contributed by atoms with Crippen molar-refractivity contribution in [1.29, 1.82) is 5.26 Å². The van der Waals surface area contributed by atoms with Gasteiger partial charge in [-0.2, -0.15) is 5.26 Å². The van der Waals surface area contributed by atoms with Crippen LogP contribution in [0.15, 0.2) is 36.4 Å². The van der Waals surface area contributed by atoms with E-state index in [1.54, 1.807) is 30.3 Å². The SMILES string of the molecule is COc1ccc(Nc2ccc(N)c(CC#N)c2)cc1F. The van der Waals surface area contributed by atoms with Crippen molar-refractivity contribution in [2.45, 2.75) is 6.42 Å². The van der Waals surface area contributed by atoms with E-state index >= 15 is 0 Å². The van der Waals surface area contributed by atoms with Gasteiger partial charge in [-0.3, -0.25) is 0 Å². The van der Waals surface area contributed by atoms with Gasteiger partial charge in [-0.1, -0.05) is 0 Å². The van der Waals surface area contributed by atoms with Crippen molar-refractivity contribution in [2.24, 2.45) is 0 Å². The highest BCUT2D eigenvalue weighted by Crippen LogP contribution is 2.25. The molecule has 3 N–H and O–H groups in total. The molecule has 0 saturated carbocycles. The van der Waals surface area contributed by atoms with E-state index in [4.69, 9.17) is 15.7 Å². The van der Waals surface area contributed by atoms with Crippen LogP contribution in [0.1, 0.15) is 5.56 Å². The molecule has 0 aliphatic heterocycles. The molecule has 0 unspecified atom stereocenters. The largest absolute Gasteiger partial charge is 0.494 e. The molecule has 0 spiro atoms. The van der Waals surface area contributed by atoms with Crippen molar-refractivity contribution in [2.75, 3.05) is 18.2 Å². The topological polar surface area (TPSA) is 71.1 Å². The number of nitrogen functional groups attached to an aromatic ring is 1. The van der Waals surface area contributed by atoms with Gasteiger partial charge in [-0.25, -0.2) is 4.39 Å². The molecule has 0 atom stereocenters. The first-order valence-corrected chi connectivity index (χ1v) is 6.00. The number of nitrogens with zero attached hydrogens (tertiary/aromatic N) is 1. The van der Waals surface area contributed by atoms with Crippen LogP contribution in [0.3, 0.4) is 0 Å². The average Bonchev–Trinajstić information content (AvgIpc) is 2.43. The summed E-state index contributed by atoms with van der Waals surface area (Å²) in [6.45, 7) is 0. The van der Waals surface area contributed by atoms with Crippen LogP contribution in [-0.4, -0.2) is 7.11 Å². The lowest BCUT2D eigenvalue weighted by Gasteiger charge is -2.10. The minimum atomic E-state index is -0.440. The third-order valence-electron chi connectivity index (χ3n) is 2.85. The lowest BCUT2D eigenvalue weighted by atomic mass is 10.1. The highest BCUT2D eigenvalue weighted by Gasteiger charge is 2.05. The second-order valence-corrected chi connectivity index (χ2v) is 4.22. The number of ether oxygens (including phenoxy) is 1. The molecule has 0 aromatic heterocycles. The monoisotopic (exact) mass is 271 g/mol. The Kier molecular flexibility index (Phi) is 4.06. The van der Waals surface area contributed by atoms with Gasteiger partial charge in [0.25, 0.3) is 0 Å². The summed E-state index contributed by atoms with van der Waals surface area (Å²) in [4.78, 5) is 0. The standard InChI is InChI=1S/C15H14FN3O/c1-20-15-5-3-12(9-13(15)16)19-11-2-4-14(18)10(8-11)6-7-17/h2-5,8-9,19H,6,18H2,1H3. The molecular weight excluding hydrogens is 257 g/mol. The molecule has 0 heterocycles. The molecule has 0 amide bonds. The first kappa shape index (κ1) is 13.7. The molecular formula is C15H14FN3O. The van der Waals surface area contributed by atoms with E-state index in [2.05, 4.69) is 11.4 Å². The predicted octanol–water partition coefficient (Wildman–Crippen LogP) is 3.23. The number of nitrogens with one attached hydrogen (secondary N) is 1. The molecule has 4 nitrogen and oxygen atoms in total. The molecule has 20 heavy (non-hydrogen) atoms. The second-order valence-electron chi connectivity index (χ2n) is 4.22. The highest BCUT2D eigenvalue weighted by molar-refractivity contribution is 5.65. The number of halogens is 1. The minimum absolute atomic E-state index is 0.193. The minimum Gasteiger partial charge on any atom is -0.494 e. The smallest absolute Gasteiger partial charge is 0.167 e. The Balaban J connectivity index is 2.24. The quantitative estimate of drug-likeness (QED) is 0.837. The zero-order valence-corrected chi connectivity index (χ0v) is 11.0. The van der Waals surface area contributed by atoms with Gasteiger partial charge in [0.1, 0.15) is 0 Å². The normalized spacial score (nSPS) is 9.85.